The van der Waals surface area contributed by atoms with Crippen LogP contribution in [0, 0.1) is 11.6 Å². The number of primary amides is 1. The number of carbonyl (C=O) groups excluding carboxylic acids is 1. The SMILES string of the molecule is NC(=O)C1(NCc2nc(-c3ccc(F)c(F)c3)no2)CC1. The van der Waals surface area contributed by atoms with Gasteiger partial charge in [-0.25, -0.2) is 8.78 Å². The molecule has 1 aromatic heterocycles. The summed E-state index contributed by atoms with van der Waals surface area (Å²) in [5.41, 5.74) is 4.90. The zero-order valence-electron chi connectivity index (χ0n) is 10.9. The van der Waals surface area contributed by atoms with E-state index in [2.05, 4.69) is 15.5 Å². The van der Waals surface area contributed by atoms with Gasteiger partial charge >= 0.3 is 0 Å². The molecule has 1 heterocycles. The number of halogens is 2. The first-order chi connectivity index (χ1) is 10.00. The van der Waals surface area contributed by atoms with Crippen molar-refractivity contribution in [3.63, 3.8) is 0 Å². The number of carbonyl (C=O) groups is 1. The average Bonchev–Trinajstić information content (AvgIpc) is 3.11. The molecule has 1 aliphatic carbocycles. The van der Waals surface area contributed by atoms with Crippen molar-refractivity contribution in [2.45, 2.75) is 24.9 Å². The first kappa shape index (κ1) is 13.6. The molecule has 0 atom stereocenters. The van der Waals surface area contributed by atoms with Gasteiger partial charge in [0, 0.05) is 5.56 Å². The number of hydrogen-bond acceptors (Lipinski definition) is 5. The normalized spacial score (nSPS) is 15.9. The van der Waals surface area contributed by atoms with Crippen molar-refractivity contribution in [1.82, 2.24) is 15.5 Å². The Hall–Kier alpha value is -2.35. The van der Waals surface area contributed by atoms with E-state index < -0.39 is 23.1 Å². The Kier molecular flexibility index (Phi) is 3.17. The number of nitrogens with zero attached hydrogens (tertiary/aromatic N) is 2. The van der Waals surface area contributed by atoms with Crippen molar-refractivity contribution < 1.29 is 18.1 Å². The lowest BCUT2D eigenvalue weighted by Gasteiger charge is -2.10. The summed E-state index contributed by atoms with van der Waals surface area (Å²) in [5, 5.41) is 6.66. The predicted molar refractivity (Wildman–Crippen MR) is 67.6 cm³/mol. The molecular weight excluding hydrogens is 282 g/mol. The van der Waals surface area contributed by atoms with Crippen LogP contribution in [-0.4, -0.2) is 21.6 Å². The quantitative estimate of drug-likeness (QED) is 0.862. The average molecular weight is 294 g/mol. The maximum atomic E-state index is 13.1. The smallest absolute Gasteiger partial charge is 0.240 e. The molecule has 0 unspecified atom stereocenters. The van der Waals surface area contributed by atoms with Gasteiger partial charge in [-0.05, 0) is 31.0 Å². The Bertz CT molecular complexity index is 697. The summed E-state index contributed by atoms with van der Waals surface area (Å²) in [4.78, 5) is 15.3. The minimum Gasteiger partial charge on any atom is -0.368 e. The second kappa shape index (κ2) is 4.88. The fourth-order valence-electron chi connectivity index (χ4n) is 1.96. The second-order valence-corrected chi connectivity index (χ2v) is 4.94. The van der Waals surface area contributed by atoms with Crippen LogP contribution in [0.5, 0.6) is 0 Å². The highest BCUT2D eigenvalue weighted by Gasteiger charge is 2.48. The third-order valence-corrected chi connectivity index (χ3v) is 3.45. The molecule has 0 saturated heterocycles. The lowest BCUT2D eigenvalue weighted by molar-refractivity contribution is -0.121. The topological polar surface area (TPSA) is 94.0 Å². The number of aromatic nitrogens is 2. The van der Waals surface area contributed by atoms with Gasteiger partial charge in [0.05, 0.1) is 12.1 Å². The van der Waals surface area contributed by atoms with Crippen LogP contribution in [-0.2, 0) is 11.3 Å². The molecule has 3 N–H and O–H groups in total. The summed E-state index contributed by atoms with van der Waals surface area (Å²) in [7, 11) is 0. The third-order valence-electron chi connectivity index (χ3n) is 3.45. The van der Waals surface area contributed by atoms with E-state index in [0.29, 0.717) is 18.4 Å². The molecule has 21 heavy (non-hydrogen) atoms. The highest BCUT2D eigenvalue weighted by atomic mass is 19.2. The summed E-state index contributed by atoms with van der Waals surface area (Å²) >= 11 is 0. The van der Waals surface area contributed by atoms with Crippen molar-refractivity contribution in [2.75, 3.05) is 0 Å². The molecule has 1 amide bonds. The molecule has 1 fully saturated rings. The van der Waals surface area contributed by atoms with E-state index in [1.54, 1.807) is 0 Å². The van der Waals surface area contributed by atoms with Gasteiger partial charge in [-0.2, -0.15) is 4.98 Å². The maximum absolute atomic E-state index is 13.1. The predicted octanol–water partition coefficient (Wildman–Crippen LogP) is 1.12. The van der Waals surface area contributed by atoms with Gasteiger partial charge in [-0.1, -0.05) is 5.16 Å². The highest BCUT2D eigenvalue weighted by Crippen LogP contribution is 2.35. The summed E-state index contributed by atoms with van der Waals surface area (Å²) in [5.74, 6) is -1.95. The van der Waals surface area contributed by atoms with Gasteiger partial charge in [-0.15, -0.1) is 0 Å². The Morgan fingerprint density at radius 3 is 2.76 bits per heavy atom. The van der Waals surface area contributed by atoms with Crippen molar-refractivity contribution in [3.05, 3.63) is 35.7 Å². The molecule has 0 radical (unpaired) electrons. The number of hydrogen-bond donors (Lipinski definition) is 2. The van der Waals surface area contributed by atoms with E-state index in [4.69, 9.17) is 10.3 Å². The van der Waals surface area contributed by atoms with Crippen molar-refractivity contribution in [3.8, 4) is 11.4 Å². The van der Waals surface area contributed by atoms with E-state index in [9.17, 15) is 13.6 Å². The van der Waals surface area contributed by atoms with Crippen LogP contribution in [0.3, 0.4) is 0 Å². The van der Waals surface area contributed by atoms with Crippen LogP contribution in [0.1, 0.15) is 18.7 Å². The zero-order chi connectivity index (χ0) is 15.0. The van der Waals surface area contributed by atoms with Crippen LogP contribution in [0.2, 0.25) is 0 Å². The van der Waals surface area contributed by atoms with Gasteiger partial charge in [0.1, 0.15) is 0 Å². The molecule has 1 aliphatic rings. The molecule has 3 rings (SSSR count). The van der Waals surface area contributed by atoms with Gasteiger partial charge in [0.2, 0.25) is 17.6 Å². The van der Waals surface area contributed by atoms with Crippen LogP contribution in [0.25, 0.3) is 11.4 Å². The largest absolute Gasteiger partial charge is 0.368 e. The number of rotatable bonds is 5. The fourth-order valence-corrected chi connectivity index (χ4v) is 1.96. The van der Waals surface area contributed by atoms with E-state index in [1.165, 1.54) is 6.07 Å². The van der Waals surface area contributed by atoms with Crippen LogP contribution < -0.4 is 11.1 Å². The molecule has 6 nitrogen and oxygen atoms in total. The molecule has 0 spiro atoms. The molecule has 2 aromatic rings. The minimum absolute atomic E-state index is 0.148. The molecule has 110 valence electrons. The monoisotopic (exact) mass is 294 g/mol. The lowest BCUT2D eigenvalue weighted by Crippen LogP contribution is -2.43. The molecular formula is C13H12F2N4O2. The Labute approximate surface area is 118 Å². The van der Waals surface area contributed by atoms with Gasteiger partial charge < -0.3 is 10.3 Å². The summed E-state index contributed by atoms with van der Waals surface area (Å²) in [6.07, 6.45) is 1.35. The van der Waals surface area contributed by atoms with Crippen LogP contribution in [0.15, 0.2) is 22.7 Å². The third kappa shape index (κ3) is 2.62. The van der Waals surface area contributed by atoms with Gasteiger partial charge in [0.15, 0.2) is 11.6 Å². The van der Waals surface area contributed by atoms with Crippen molar-refractivity contribution >= 4 is 5.91 Å². The second-order valence-electron chi connectivity index (χ2n) is 4.94. The summed E-state index contributed by atoms with van der Waals surface area (Å²) in [6.45, 7) is 0.180. The van der Waals surface area contributed by atoms with Gasteiger partial charge in [0.25, 0.3) is 0 Å². The maximum Gasteiger partial charge on any atom is 0.240 e. The van der Waals surface area contributed by atoms with E-state index in [-0.39, 0.29) is 18.3 Å². The lowest BCUT2D eigenvalue weighted by atomic mass is 10.2. The van der Waals surface area contributed by atoms with Crippen LogP contribution >= 0.6 is 0 Å². The number of amides is 1. The number of nitrogens with two attached hydrogens (primary N) is 1. The first-order valence-electron chi connectivity index (χ1n) is 6.33. The minimum atomic E-state index is -0.984. The van der Waals surface area contributed by atoms with Crippen molar-refractivity contribution in [1.29, 1.82) is 0 Å². The number of nitrogens with one attached hydrogen (secondary N) is 1. The molecule has 8 heteroatoms. The molecule has 0 aliphatic heterocycles. The molecule has 0 bridgehead atoms. The van der Waals surface area contributed by atoms with E-state index in [1.807, 2.05) is 0 Å². The standard InChI is InChI=1S/C13H12F2N4O2/c14-8-2-1-7(5-9(8)15)11-18-10(21-19-11)6-17-13(3-4-13)12(16)20/h1-2,5,17H,3-4,6H2,(H2,16,20). The Morgan fingerprint density at radius 1 is 1.38 bits per heavy atom. The van der Waals surface area contributed by atoms with Crippen LogP contribution in [0.4, 0.5) is 8.78 Å². The van der Waals surface area contributed by atoms with E-state index in [0.717, 1.165) is 12.1 Å². The van der Waals surface area contributed by atoms with Crippen molar-refractivity contribution in [2.24, 2.45) is 5.73 Å². The summed E-state index contributed by atoms with van der Waals surface area (Å²) in [6, 6.07) is 3.33. The molecule has 1 saturated carbocycles. The molecule has 1 aromatic carbocycles. The highest BCUT2D eigenvalue weighted by molar-refractivity contribution is 5.87. The van der Waals surface area contributed by atoms with E-state index >= 15 is 0 Å². The Balaban J connectivity index is 1.71. The zero-order valence-corrected chi connectivity index (χ0v) is 10.9. The summed E-state index contributed by atoms with van der Waals surface area (Å²) < 4.78 is 31.0. The Morgan fingerprint density at radius 2 is 2.14 bits per heavy atom. The first-order valence-corrected chi connectivity index (χ1v) is 6.33. The number of benzene rings is 1. The van der Waals surface area contributed by atoms with Gasteiger partial charge in [-0.3, -0.25) is 10.1 Å². The fraction of sp³-hybridized carbons (Fsp3) is 0.308.